The van der Waals surface area contributed by atoms with Crippen LogP contribution in [0.5, 0.6) is 11.5 Å². The molecule has 0 aliphatic rings. The Balaban J connectivity index is 1.40. The van der Waals surface area contributed by atoms with E-state index in [9.17, 15) is 4.79 Å². The fraction of sp³-hybridized carbons (Fsp3) is 0.261. The second-order valence-corrected chi connectivity index (χ2v) is 7.30. The van der Waals surface area contributed by atoms with Crippen molar-refractivity contribution in [1.82, 2.24) is 19.2 Å². The molecule has 8 nitrogen and oxygen atoms in total. The number of hydrogen-bond acceptors (Lipinski definition) is 5. The van der Waals surface area contributed by atoms with Crippen molar-refractivity contribution in [3.63, 3.8) is 0 Å². The van der Waals surface area contributed by atoms with Crippen LogP contribution in [0, 0.1) is 13.8 Å². The third-order valence-corrected chi connectivity index (χ3v) is 4.89. The Morgan fingerprint density at radius 3 is 2.74 bits per heavy atom. The molecule has 0 unspecified atom stereocenters. The molecule has 8 heteroatoms. The fourth-order valence-electron chi connectivity index (χ4n) is 3.41. The van der Waals surface area contributed by atoms with E-state index in [-0.39, 0.29) is 12.5 Å². The van der Waals surface area contributed by atoms with Crippen molar-refractivity contribution in [1.29, 1.82) is 0 Å². The lowest BCUT2D eigenvalue weighted by molar-refractivity contribution is -0.116. The molecule has 1 N–H and O–H groups in total. The van der Waals surface area contributed by atoms with Gasteiger partial charge in [-0.15, -0.1) is 0 Å². The average molecular weight is 419 g/mol. The summed E-state index contributed by atoms with van der Waals surface area (Å²) in [6.07, 6.45) is 4.19. The van der Waals surface area contributed by atoms with Crippen molar-refractivity contribution < 1.29 is 14.3 Å². The van der Waals surface area contributed by atoms with Gasteiger partial charge in [0.15, 0.2) is 11.5 Å². The molecular weight excluding hydrogens is 394 g/mol. The topological polar surface area (TPSA) is 82.7 Å². The highest BCUT2D eigenvalue weighted by Gasteiger charge is 2.11. The molecule has 4 aromatic rings. The van der Waals surface area contributed by atoms with Crippen LogP contribution in [0.2, 0.25) is 0 Å². The largest absolute Gasteiger partial charge is 0.493 e. The summed E-state index contributed by atoms with van der Waals surface area (Å²) in [5.74, 6) is 1.03. The van der Waals surface area contributed by atoms with Crippen LogP contribution < -0.4 is 14.8 Å². The molecule has 0 bridgehead atoms. The molecular formula is C23H25N5O3. The van der Waals surface area contributed by atoms with Gasteiger partial charge < -0.3 is 19.2 Å². The summed E-state index contributed by atoms with van der Waals surface area (Å²) in [4.78, 5) is 16.9. The molecule has 31 heavy (non-hydrogen) atoms. The number of amides is 1. The maximum Gasteiger partial charge on any atom is 0.226 e. The number of carbonyl (C=O) groups excluding carboxylic acids is 1. The molecule has 160 valence electrons. The molecule has 0 atom stereocenters. The van der Waals surface area contributed by atoms with E-state index in [1.54, 1.807) is 25.3 Å². The van der Waals surface area contributed by atoms with Gasteiger partial charge in [0.1, 0.15) is 12.3 Å². The Hall–Kier alpha value is -3.81. The molecule has 0 spiro atoms. The molecule has 0 fully saturated rings. The Labute approximate surface area is 180 Å². The smallest absolute Gasteiger partial charge is 0.226 e. The van der Waals surface area contributed by atoms with Crippen LogP contribution in [-0.2, 0) is 17.9 Å². The highest BCUT2D eigenvalue weighted by Crippen LogP contribution is 2.31. The summed E-state index contributed by atoms with van der Waals surface area (Å²) < 4.78 is 15.1. The first-order valence-electron chi connectivity index (χ1n) is 10.1. The van der Waals surface area contributed by atoms with Gasteiger partial charge in [-0.1, -0.05) is 6.07 Å². The molecule has 3 aromatic heterocycles. The summed E-state index contributed by atoms with van der Waals surface area (Å²) in [6, 6.07) is 13.1. The minimum absolute atomic E-state index is 0.0935. The number of carbonyl (C=O) groups is 1. The minimum atomic E-state index is -0.0935. The van der Waals surface area contributed by atoms with Crippen LogP contribution in [-0.4, -0.2) is 32.2 Å². The second-order valence-electron chi connectivity index (χ2n) is 7.30. The summed E-state index contributed by atoms with van der Waals surface area (Å²) in [5.41, 5.74) is 4.28. The number of nitrogens with zero attached hydrogens (tertiary/aromatic N) is 4. The van der Waals surface area contributed by atoms with Crippen LogP contribution in [0.3, 0.4) is 0 Å². The zero-order valence-corrected chi connectivity index (χ0v) is 17.8. The predicted molar refractivity (Wildman–Crippen MR) is 117 cm³/mol. The molecule has 0 aliphatic carbocycles. The number of pyridine rings is 1. The molecule has 3 heterocycles. The number of methoxy groups -OCH3 is 1. The molecule has 1 aromatic carbocycles. The second kappa shape index (κ2) is 8.91. The van der Waals surface area contributed by atoms with E-state index in [4.69, 9.17) is 9.47 Å². The van der Waals surface area contributed by atoms with E-state index in [1.165, 1.54) is 0 Å². The maximum atomic E-state index is 12.4. The predicted octanol–water partition coefficient (Wildman–Crippen LogP) is 3.76. The van der Waals surface area contributed by atoms with Gasteiger partial charge in [-0.05, 0) is 44.2 Å². The number of ether oxygens (including phenoxy) is 2. The van der Waals surface area contributed by atoms with Crippen LogP contribution in [0.25, 0.3) is 5.65 Å². The standard InChI is InChI=1S/C23H25N5O3/c1-16-12-17(2)28(26-16)11-9-23(29)25-18-7-8-20(30-3)21(13-18)31-15-19-14-27-10-5-4-6-22(27)24-19/h4-8,10,12-14H,9,11,15H2,1-3H3,(H,25,29). The lowest BCUT2D eigenvalue weighted by Crippen LogP contribution is -2.15. The SMILES string of the molecule is COc1ccc(NC(=O)CCn2nc(C)cc2C)cc1OCc1cn2ccccc2n1. The lowest BCUT2D eigenvalue weighted by Gasteiger charge is -2.12. The van der Waals surface area contributed by atoms with Gasteiger partial charge >= 0.3 is 0 Å². The number of imidazole rings is 1. The first-order valence-corrected chi connectivity index (χ1v) is 10.1. The highest BCUT2D eigenvalue weighted by molar-refractivity contribution is 5.91. The number of benzene rings is 1. The maximum absolute atomic E-state index is 12.4. The Morgan fingerprint density at radius 2 is 2.00 bits per heavy atom. The average Bonchev–Trinajstić information content (AvgIpc) is 3.32. The number of nitrogens with one attached hydrogen (secondary N) is 1. The Morgan fingerprint density at radius 1 is 1.13 bits per heavy atom. The van der Waals surface area contributed by atoms with Crippen LogP contribution in [0.4, 0.5) is 5.69 Å². The molecule has 0 saturated heterocycles. The van der Waals surface area contributed by atoms with Gasteiger partial charge in [0.25, 0.3) is 0 Å². The van der Waals surface area contributed by atoms with Crippen LogP contribution >= 0.6 is 0 Å². The summed E-state index contributed by atoms with van der Waals surface area (Å²) in [6.45, 7) is 4.73. The van der Waals surface area contributed by atoms with Crippen molar-refractivity contribution in [3.8, 4) is 11.5 Å². The van der Waals surface area contributed by atoms with E-state index >= 15 is 0 Å². The first kappa shape index (κ1) is 20.5. The number of aryl methyl sites for hydroxylation is 3. The van der Waals surface area contributed by atoms with Crippen molar-refractivity contribution in [2.24, 2.45) is 0 Å². The molecule has 4 rings (SSSR count). The van der Waals surface area contributed by atoms with E-state index in [0.29, 0.717) is 30.2 Å². The third-order valence-electron chi connectivity index (χ3n) is 4.89. The van der Waals surface area contributed by atoms with E-state index in [2.05, 4.69) is 15.4 Å². The fourth-order valence-corrected chi connectivity index (χ4v) is 3.41. The summed E-state index contributed by atoms with van der Waals surface area (Å²) >= 11 is 0. The summed E-state index contributed by atoms with van der Waals surface area (Å²) in [7, 11) is 1.58. The van der Waals surface area contributed by atoms with Crippen molar-refractivity contribution in [2.45, 2.75) is 33.4 Å². The first-order chi connectivity index (χ1) is 15.0. The number of hydrogen-bond donors (Lipinski definition) is 1. The number of anilines is 1. The number of aromatic nitrogens is 4. The van der Waals surface area contributed by atoms with Gasteiger partial charge in [0, 0.05) is 42.8 Å². The van der Waals surface area contributed by atoms with E-state index < -0.39 is 0 Å². The quantitative estimate of drug-likeness (QED) is 0.470. The monoisotopic (exact) mass is 419 g/mol. The van der Waals surface area contributed by atoms with Crippen molar-refractivity contribution >= 4 is 17.2 Å². The van der Waals surface area contributed by atoms with Crippen molar-refractivity contribution in [2.75, 3.05) is 12.4 Å². The van der Waals surface area contributed by atoms with E-state index in [0.717, 1.165) is 22.7 Å². The number of rotatable bonds is 8. The van der Waals surface area contributed by atoms with Gasteiger partial charge in [0.2, 0.25) is 5.91 Å². The molecule has 1 amide bonds. The zero-order chi connectivity index (χ0) is 21.8. The normalized spacial score (nSPS) is 10.9. The lowest BCUT2D eigenvalue weighted by atomic mass is 10.2. The summed E-state index contributed by atoms with van der Waals surface area (Å²) in [5, 5.41) is 7.30. The van der Waals surface area contributed by atoms with E-state index in [1.807, 2.05) is 59.6 Å². The van der Waals surface area contributed by atoms with Crippen LogP contribution in [0.15, 0.2) is 54.9 Å². The number of fused-ring (bicyclic) bond motifs is 1. The minimum Gasteiger partial charge on any atom is -0.493 e. The molecule has 0 aliphatic heterocycles. The van der Waals surface area contributed by atoms with Gasteiger partial charge in [0.05, 0.1) is 18.5 Å². The Bertz CT molecular complexity index is 1180. The molecule has 0 saturated carbocycles. The van der Waals surface area contributed by atoms with Gasteiger partial charge in [-0.3, -0.25) is 9.48 Å². The van der Waals surface area contributed by atoms with Crippen molar-refractivity contribution in [3.05, 3.63) is 71.9 Å². The third kappa shape index (κ3) is 4.85. The highest BCUT2D eigenvalue weighted by atomic mass is 16.5. The van der Waals surface area contributed by atoms with Gasteiger partial charge in [-0.2, -0.15) is 5.10 Å². The molecule has 0 radical (unpaired) electrons. The van der Waals surface area contributed by atoms with Crippen LogP contribution in [0.1, 0.15) is 23.5 Å². The Kier molecular flexibility index (Phi) is 5.88. The van der Waals surface area contributed by atoms with Gasteiger partial charge in [-0.25, -0.2) is 4.98 Å². The zero-order valence-electron chi connectivity index (χ0n) is 17.8.